The molecule has 1 aromatic heterocycles. The van der Waals surface area contributed by atoms with Gasteiger partial charge in [-0.25, -0.2) is 0 Å². The average molecular weight is 406 g/mol. The molecule has 6 nitrogen and oxygen atoms in total. The van der Waals surface area contributed by atoms with Crippen LogP contribution in [0.5, 0.6) is 0 Å². The number of thiophene rings is 1. The lowest BCUT2D eigenvalue weighted by Gasteiger charge is -2.27. The van der Waals surface area contributed by atoms with E-state index in [1.54, 1.807) is 23.5 Å². The normalized spacial score (nSPS) is 16.8. The fraction of sp³-hybridized carbons (Fsp3) is 0.421. The highest BCUT2D eigenvalue weighted by atomic mass is 32.2. The second-order valence-electron chi connectivity index (χ2n) is 6.53. The van der Waals surface area contributed by atoms with Crippen molar-refractivity contribution < 1.29 is 9.72 Å². The van der Waals surface area contributed by atoms with E-state index in [2.05, 4.69) is 27.7 Å². The van der Waals surface area contributed by atoms with E-state index in [0.717, 1.165) is 18.0 Å². The van der Waals surface area contributed by atoms with Crippen LogP contribution in [0.15, 0.2) is 46.7 Å². The summed E-state index contributed by atoms with van der Waals surface area (Å²) in [7, 11) is 0. The number of nitro benzene ring substituents is 1. The van der Waals surface area contributed by atoms with E-state index >= 15 is 0 Å². The summed E-state index contributed by atoms with van der Waals surface area (Å²) < 4.78 is 0. The molecular weight excluding hydrogens is 382 g/mol. The van der Waals surface area contributed by atoms with Crippen molar-refractivity contribution in [1.82, 2.24) is 10.2 Å². The third-order valence-electron chi connectivity index (χ3n) is 4.65. The van der Waals surface area contributed by atoms with E-state index < -0.39 is 4.92 Å². The molecule has 1 fully saturated rings. The summed E-state index contributed by atoms with van der Waals surface area (Å²) in [5.74, 6) is -0.0147. The number of nitrogens with one attached hydrogen (secondary N) is 1. The van der Waals surface area contributed by atoms with Crippen LogP contribution in [0.1, 0.15) is 30.7 Å². The Hall–Kier alpha value is -1.90. The van der Waals surface area contributed by atoms with Crippen molar-refractivity contribution in [3.8, 4) is 0 Å². The number of benzene rings is 1. The molecule has 0 bridgehead atoms. The van der Waals surface area contributed by atoms with Crippen molar-refractivity contribution in [1.29, 1.82) is 0 Å². The number of hydrogen-bond donors (Lipinski definition) is 1. The number of rotatable bonds is 8. The number of likely N-dealkylation sites (tertiary alicyclic amines) is 1. The highest BCUT2D eigenvalue weighted by Crippen LogP contribution is 2.29. The molecule has 1 aromatic carbocycles. The molecule has 2 atom stereocenters. The smallest absolute Gasteiger partial charge is 0.269 e. The number of amides is 1. The van der Waals surface area contributed by atoms with Crippen LogP contribution in [-0.2, 0) is 4.79 Å². The summed E-state index contributed by atoms with van der Waals surface area (Å²) in [6.45, 7) is 4.61. The number of nitro groups is 1. The molecule has 0 saturated carbocycles. The molecule has 0 aliphatic carbocycles. The Kier molecular flexibility index (Phi) is 6.87. The number of nitrogens with zero attached hydrogens (tertiary/aromatic N) is 2. The molecule has 2 aromatic rings. The van der Waals surface area contributed by atoms with Crippen LogP contribution >= 0.6 is 23.1 Å². The third-order valence-corrected chi connectivity index (χ3v) is 6.74. The third kappa shape index (κ3) is 5.31. The summed E-state index contributed by atoms with van der Waals surface area (Å²) in [5, 5.41) is 15.6. The number of hydrogen-bond acceptors (Lipinski definition) is 6. The number of carbonyl (C=O) groups is 1. The van der Waals surface area contributed by atoms with Gasteiger partial charge in [-0.15, -0.1) is 23.1 Å². The van der Waals surface area contributed by atoms with E-state index in [9.17, 15) is 14.9 Å². The van der Waals surface area contributed by atoms with Crippen molar-refractivity contribution in [2.75, 3.05) is 19.6 Å². The molecule has 1 amide bonds. The second kappa shape index (κ2) is 9.34. The summed E-state index contributed by atoms with van der Waals surface area (Å²) in [6.07, 6.45) is 2.42. The molecule has 144 valence electrons. The first kappa shape index (κ1) is 19.9. The van der Waals surface area contributed by atoms with Gasteiger partial charge in [-0.3, -0.25) is 19.8 Å². The summed E-state index contributed by atoms with van der Waals surface area (Å²) in [6, 6.07) is 10.7. The van der Waals surface area contributed by atoms with Gasteiger partial charge in [0.15, 0.2) is 0 Å². The minimum absolute atomic E-state index is 0.0147. The standard InChI is InChI=1S/C19H23N3O3S2/c1-14(27-16-8-6-15(7-9-16)22(24)25)19(23)20-13-17(18-5-4-12-26-18)21-10-2-3-11-21/h4-9,12,14,17H,2-3,10-11,13H2,1H3,(H,20,23). The SMILES string of the molecule is CC(Sc1ccc([N+](=O)[O-])cc1)C(=O)NCC(c1cccs1)N1CCCC1. The lowest BCUT2D eigenvalue weighted by molar-refractivity contribution is -0.384. The fourth-order valence-electron chi connectivity index (χ4n) is 3.19. The van der Waals surface area contributed by atoms with Crippen LogP contribution in [0.4, 0.5) is 5.69 Å². The predicted octanol–water partition coefficient (Wildman–Crippen LogP) is 4.09. The fourth-order valence-corrected chi connectivity index (χ4v) is 4.94. The van der Waals surface area contributed by atoms with E-state index in [4.69, 9.17) is 0 Å². The van der Waals surface area contributed by atoms with Crippen molar-refractivity contribution >= 4 is 34.7 Å². The van der Waals surface area contributed by atoms with E-state index in [-0.39, 0.29) is 22.9 Å². The zero-order valence-electron chi connectivity index (χ0n) is 15.2. The van der Waals surface area contributed by atoms with Gasteiger partial charge in [0.05, 0.1) is 16.2 Å². The maximum Gasteiger partial charge on any atom is 0.269 e. The highest BCUT2D eigenvalue weighted by molar-refractivity contribution is 8.00. The molecular formula is C19H23N3O3S2. The molecule has 2 heterocycles. The maximum absolute atomic E-state index is 12.6. The van der Waals surface area contributed by atoms with E-state index in [0.29, 0.717) is 6.54 Å². The van der Waals surface area contributed by atoms with Crippen LogP contribution in [0.3, 0.4) is 0 Å². The molecule has 1 aliphatic heterocycles. The van der Waals surface area contributed by atoms with E-state index in [1.165, 1.54) is 41.6 Å². The van der Waals surface area contributed by atoms with Crippen molar-refractivity contribution in [3.05, 3.63) is 56.8 Å². The lowest BCUT2D eigenvalue weighted by Crippen LogP contribution is -2.39. The van der Waals surface area contributed by atoms with Crippen LogP contribution in [0, 0.1) is 10.1 Å². The molecule has 0 radical (unpaired) electrons. The molecule has 0 spiro atoms. The zero-order chi connectivity index (χ0) is 19.2. The first-order chi connectivity index (χ1) is 13.0. The quantitative estimate of drug-likeness (QED) is 0.407. The van der Waals surface area contributed by atoms with Crippen molar-refractivity contribution in [3.63, 3.8) is 0 Å². The van der Waals surface area contributed by atoms with Crippen LogP contribution in [0.2, 0.25) is 0 Å². The molecule has 2 unspecified atom stereocenters. The minimum atomic E-state index is -0.423. The molecule has 27 heavy (non-hydrogen) atoms. The predicted molar refractivity (Wildman–Crippen MR) is 109 cm³/mol. The Morgan fingerprint density at radius 3 is 2.59 bits per heavy atom. The van der Waals surface area contributed by atoms with Crippen molar-refractivity contribution in [2.24, 2.45) is 0 Å². The van der Waals surface area contributed by atoms with Gasteiger partial charge in [-0.1, -0.05) is 6.07 Å². The summed E-state index contributed by atoms with van der Waals surface area (Å²) >= 11 is 3.14. The van der Waals surface area contributed by atoms with Gasteiger partial charge in [0.2, 0.25) is 5.91 Å². The molecule has 3 rings (SSSR count). The Morgan fingerprint density at radius 1 is 1.30 bits per heavy atom. The summed E-state index contributed by atoms with van der Waals surface area (Å²) in [4.78, 5) is 27.4. The van der Waals surface area contributed by atoms with Gasteiger partial charge in [-0.2, -0.15) is 0 Å². The first-order valence-corrected chi connectivity index (χ1v) is 10.8. The number of carbonyl (C=O) groups excluding carboxylic acids is 1. The topological polar surface area (TPSA) is 75.5 Å². The van der Waals surface area contributed by atoms with Crippen LogP contribution in [0.25, 0.3) is 0 Å². The Balaban J connectivity index is 1.55. The van der Waals surface area contributed by atoms with Crippen LogP contribution < -0.4 is 5.32 Å². The molecule has 8 heteroatoms. The highest BCUT2D eigenvalue weighted by Gasteiger charge is 2.25. The average Bonchev–Trinajstić information content (AvgIpc) is 3.36. The van der Waals surface area contributed by atoms with Crippen molar-refractivity contribution in [2.45, 2.75) is 36.0 Å². The van der Waals surface area contributed by atoms with Gasteiger partial charge in [-0.05, 0) is 56.4 Å². The lowest BCUT2D eigenvalue weighted by atomic mass is 10.2. The molecule has 1 saturated heterocycles. The Labute approximate surface area is 167 Å². The van der Waals surface area contributed by atoms with Gasteiger partial charge in [0.1, 0.15) is 0 Å². The molecule has 1 N–H and O–H groups in total. The Bertz CT molecular complexity index is 759. The van der Waals surface area contributed by atoms with E-state index in [1.807, 2.05) is 6.92 Å². The number of thioether (sulfide) groups is 1. The van der Waals surface area contributed by atoms with Gasteiger partial charge >= 0.3 is 0 Å². The Morgan fingerprint density at radius 2 is 2.00 bits per heavy atom. The largest absolute Gasteiger partial charge is 0.353 e. The second-order valence-corrected chi connectivity index (χ2v) is 8.92. The van der Waals surface area contributed by atoms with Gasteiger partial charge in [0, 0.05) is 28.5 Å². The van der Waals surface area contributed by atoms with Crippen LogP contribution in [-0.4, -0.2) is 40.6 Å². The summed E-state index contributed by atoms with van der Waals surface area (Å²) in [5.41, 5.74) is 0.0563. The van der Waals surface area contributed by atoms with Gasteiger partial charge in [0.25, 0.3) is 5.69 Å². The molecule has 1 aliphatic rings. The minimum Gasteiger partial charge on any atom is -0.353 e. The number of non-ortho nitro benzene ring substituents is 1. The maximum atomic E-state index is 12.6. The zero-order valence-corrected chi connectivity index (χ0v) is 16.8. The monoisotopic (exact) mass is 405 g/mol. The first-order valence-electron chi connectivity index (χ1n) is 9.01. The van der Waals surface area contributed by atoms with Gasteiger partial charge < -0.3 is 5.32 Å².